The van der Waals surface area contributed by atoms with E-state index in [1.807, 2.05) is 0 Å². The van der Waals surface area contributed by atoms with Crippen LogP contribution in [0.2, 0.25) is 0 Å². The third-order valence-corrected chi connectivity index (χ3v) is 5.37. The largest absolute Gasteiger partial charge is 0.396 e. The first-order chi connectivity index (χ1) is 12.6. The van der Waals surface area contributed by atoms with Gasteiger partial charge in [-0.1, -0.05) is 64.0 Å². The van der Waals surface area contributed by atoms with Crippen LogP contribution in [0, 0.1) is 11.3 Å². The molecule has 5 nitrogen and oxygen atoms in total. The molecule has 0 aliphatic rings. The van der Waals surface area contributed by atoms with E-state index in [1.165, 1.54) is 38.5 Å². The summed E-state index contributed by atoms with van der Waals surface area (Å²) in [4.78, 5) is 11.6. The molecule has 0 saturated heterocycles. The minimum absolute atomic E-state index is 0.262. The molecule has 0 aromatic carbocycles. The van der Waals surface area contributed by atoms with Gasteiger partial charge in [0.2, 0.25) is 5.91 Å². The van der Waals surface area contributed by atoms with E-state index < -0.39 is 30.5 Å². The molecular formula is C21H41NO4. The summed E-state index contributed by atoms with van der Waals surface area (Å²) in [5.74, 6) is -1.25. The quantitative estimate of drug-likeness (QED) is 0.219. The average molecular weight is 372 g/mol. The molecule has 0 aliphatic carbocycles. The van der Waals surface area contributed by atoms with Crippen LogP contribution in [0.25, 0.3) is 0 Å². The summed E-state index contributed by atoms with van der Waals surface area (Å²) in [6.45, 7) is 0.902. The lowest BCUT2D eigenvalue weighted by molar-refractivity contribution is -0.140. The molecule has 0 saturated carbocycles. The Hall–Kier alpha value is -0.910. The van der Waals surface area contributed by atoms with Crippen molar-refractivity contribution in [1.82, 2.24) is 0 Å². The van der Waals surface area contributed by atoms with Crippen molar-refractivity contribution in [3.63, 3.8) is 0 Å². The summed E-state index contributed by atoms with van der Waals surface area (Å²) >= 11 is 0. The van der Waals surface area contributed by atoms with E-state index in [-0.39, 0.29) is 6.61 Å². The van der Waals surface area contributed by atoms with Crippen molar-refractivity contribution >= 4 is 5.91 Å². The Morgan fingerprint density at radius 2 is 1.38 bits per heavy atom. The SMILES string of the molecule is CCCCCCCCC=CCCCCCC(CO)C(CO)(CO)C(N)=O. The summed E-state index contributed by atoms with van der Waals surface area (Å²) in [7, 11) is 0. The highest BCUT2D eigenvalue weighted by atomic mass is 16.3. The van der Waals surface area contributed by atoms with Crippen molar-refractivity contribution in [1.29, 1.82) is 0 Å². The maximum Gasteiger partial charge on any atom is 0.228 e. The number of hydrogen-bond donors (Lipinski definition) is 4. The van der Waals surface area contributed by atoms with Gasteiger partial charge in [-0.15, -0.1) is 0 Å². The lowest BCUT2D eigenvalue weighted by atomic mass is 9.73. The number of aliphatic hydroxyl groups is 3. The van der Waals surface area contributed by atoms with Gasteiger partial charge < -0.3 is 21.1 Å². The molecule has 5 N–H and O–H groups in total. The normalized spacial score (nSPS) is 13.4. The Kier molecular flexibility index (Phi) is 15.7. The number of unbranched alkanes of at least 4 members (excludes halogenated alkanes) is 9. The van der Waals surface area contributed by atoms with Gasteiger partial charge in [-0.25, -0.2) is 0 Å². The van der Waals surface area contributed by atoms with Gasteiger partial charge in [-0.2, -0.15) is 0 Å². The molecule has 1 unspecified atom stereocenters. The zero-order valence-electron chi connectivity index (χ0n) is 16.7. The van der Waals surface area contributed by atoms with Crippen molar-refractivity contribution in [2.45, 2.75) is 84.0 Å². The highest BCUT2D eigenvalue weighted by Crippen LogP contribution is 2.31. The molecule has 26 heavy (non-hydrogen) atoms. The molecule has 1 amide bonds. The number of amides is 1. The molecule has 0 aromatic heterocycles. The predicted octanol–water partition coefficient (Wildman–Crippen LogP) is 3.31. The molecule has 1 atom stereocenters. The van der Waals surface area contributed by atoms with Gasteiger partial charge in [0, 0.05) is 12.5 Å². The van der Waals surface area contributed by atoms with Gasteiger partial charge in [-0.3, -0.25) is 4.79 Å². The first kappa shape index (κ1) is 25.1. The van der Waals surface area contributed by atoms with E-state index in [1.54, 1.807) is 0 Å². The van der Waals surface area contributed by atoms with Crippen LogP contribution in [-0.4, -0.2) is 41.0 Å². The van der Waals surface area contributed by atoms with Crippen LogP contribution in [0.3, 0.4) is 0 Å². The molecule has 0 spiro atoms. The van der Waals surface area contributed by atoms with Gasteiger partial charge in [0.25, 0.3) is 0 Å². The van der Waals surface area contributed by atoms with Gasteiger partial charge in [0.1, 0.15) is 0 Å². The lowest BCUT2D eigenvalue weighted by Gasteiger charge is -2.34. The molecule has 0 aromatic rings. The first-order valence-corrected chi connectivity index (χ1v) is 10.4. The number of nitrogens with two attached hydrogens (primary N) is 1. The maximum absolute atomic E-state index is 11.6. The van der Waals surface area contributed by atoms with Crippen LogP contribution >= 0.6 is 0 Å². The van der Waals surface area contributed by atoms with Crippen molar-refractivity contribution in [3.8, 4) is 0 Å². The fourth-order valence-electron chi connectivity index (χ4n) is 3.32. The van der Waals surface area contributed by atoms with Gasteiger partial charge in [0.15, 0.2) is 0 Å². The Morgan fingerprint density at radius 3 is 1.85 bits per heavy atom. The summed E-state index contributed by atoms with van der Waals surface area (Å²) < 4.78 is 0. The molecular weight excluding hydrogens is 330 g/mol. The van der Waals surface area contributed by atoms with Crippen LogP contribution in [-0.2, 0) is 4.79 Å². The zero-order chi connectivity index (χ0) is 19.7. The third kappa shape index (κ3) is 9.70. The third-order valence-electron chi connectivity index (χ3n) is 5.37. The summed E-state index contributed by atoms with van der Waals surface area (Å²) in [5.41, 5.74) is 3.91. The maximum atomic E-state index is 11.6. The number of aliphatic hydroxyl groups excluding tert-OH is 3. The summed E-state index contributed by atoms with van der Waals surface area (Å²) in [6, 6.07) is 0. The van der Waals surface area contributed by atoms with E-state index >= 15 is 0 Å². The lowest BCUT2D eigenvalue weighted by Crippen LogP contribution is -2.50. The molecule has 0 rings (SSSR count). The number of primary amides is 1. The molecule has 0 heterocycles. The van der Waals surface area contributed by atoms with Crippen molar-refractivity contribution in [2.75, 3.05) is 19.8 Å². The minimum Gasteiger partial charge on any atom is -0.396 e. The van der Waals surface area contributed by atoms with Crippen molar-refractivity contribution < 1.29 is 20.1 Å². The number of hydrogen-bond acceptors (Lipinski definition) is 4. The van der Waals surface area contributed by atoms with Crippen molar-refractivity contribution in [2.24, 2.45) is 17.1 Å². The standard InChI is InChI=1S/C21H41NO4/c1-2-3-4-5-6-7-8-9-10-11-12-13-14-15-19(16-23)21(17-24,18-25)20(22)26/h9-10,19,23-25H,2-8,11-18H2,1H3,(H2,22,26). The highest BCUT2D eigenvalue weighted by molar-refractivity contribution is 5.81. The van der Waals surface area contributed by atoms with E-state index in [2.05, 4.69) is 19.1 Å². The van der Waals surface area contributed by atoms with Crippen LogP contribution < -0.4 is 5.73 Å². The van der Waals surface area contributed by atoms with Gasteiger partial charge in [-0.05, 0) is 32.1 Å². The second-order valence-electron chi connectivity index (χ2n) is 7.38. The Labute approximate surface area is 159 Å². The number of rotatable bonds is 18. The van der Waals surface area contributed by atoms with E-state index in [0.717, 1.165) is 32.1 Å². The van der Waals surface area contributed by atoms with Crippen LogP contribution in [0.5, 0.6) is 0 Å². The van der Waals surface area contributed by atoms with E-state index in [0.29, 0.717) is 6.42 Å². The molecule has 5 heteroatoms. The topological polar surface area (TPSA) is 104 Å². The fourth-order valence-corrected chi connectivity index (χ4v) is 3.32. The van der Waals surface area contributed by atoms with Gasteiger partial charge >= 0.3 is 0 Å². The smallest absolute Gasteiger partial charge is 0.228 e. The predicted molar refractivity (Wildman–Crippen MR) is 107 cm³/mol. The second kappa shape index (κ2) is 16.3. The number of allylic oxidation sites excluding steroid dienone is 2. The zero-order valence-corrected chi connectivity index (χ0v) is 16.7. The van der Waals surface area contributed by atoms with E-state index in [4.69, 9.17) is 5.73 Å². The molecule has 0 radical (unpaired) electrons. The average Bonchev–Trinajstić information content (AvgIpc) is 2.64. The fraction of sp³-hybridized carbons (Fsp3) is 0.857. The molecule has 0 bridgehead atoms. The second-order valence-corrected chi connectivity index (χ2v) is 7.38. The van der Waals surface area contributed by atoms with Crippen LogP contribution in [0.15, 0.2) is 12.2 Å². The Morgan fingerprint density at radius 1 is 0.885 bits per heavy atom. The van der Waals surface area contributed by atoms with Crippen LogP contribution in [0.1, 0.15) is 84.0 Å². The number of carbonyl (C=O) groups is 1. The summed E-state index contributed by atoms with van der Waals surface area (Å²) in [5, 5.41) is 28.5. The van der Waals surface area contributed by atoms with E-state index in [9.17, 15) is 20.1 Å². The number of carbonyl (C=O) groups excluding carboxylic acids is 1. The monoisotopic (exact) mass is 371 g/mol. The highest BCUT2D eigenvalue weighted by Gasteiger charge is 2.42. The van der Waals surface area contributed by atoms with Gasteiger partial charge in [0.05, 0.1) is 18.6 Å². The molecule has 0 aliphatic heterocycles. The molecule has 154 valence electrons. The minimum atomic E-state index is -1.42. The first-order valence-electron chi connectivity index (χ1n) is 10.4. The Bertz CT molecular complexity index is 367. The van der Waals surface area contributed by atoms with Crippen molar-refractivity contribution in [3.05, 3.63) is 12.2 Å². The van der Waals surface area contributed by atoms with Crippen LogP contribution in [0.4, 0.5) is 0 Å². The Balaban J connectivity index is 3.84. The molecule has 0 fully saturated rings. The summed E-state index contributed by atoms with van der Waals surface area (Å²) in [6.07, 6.45) is 18.1.